The number of carbonyl (C=O) groups is 2. The van der Waals surface area contributed by atoms with Crippen LogP contribution >= 0.6 is 23.2 Å². The highest BCUT2D eigenvalue weighted by molar-refractivity contribution is 6.32. The Balaban J connectivity index is 1.40. The van der Waals surface area contributed by atoms with E-state index >= 15 is 0 Å². The van der Waals surface area contributed by atoms with Crippen LogP contribution in [0.5, 0.6) is 11.5 Å². The van der Waals surface area contributed by atoms with Crippen molar-refractivity contribution in [3.8, 4) is 22.6 Å². The second kappa shape index (κ2) is 19.1. The highest BCUT2D eigenvalue weighted by atomic mass is 35.5. The van der Waals surface area contributed by atoms with Crippen LogP contribution in [0.4, 0.5) is 0 Å². The molecule has 4 aromatic carbocycles. The molecule has 0 aromatic heterocycles. The summed E-state index contributed by atoms with van der Waals surface area (Å²) < 4.78 is 12.4. The summed E-state index contributed by atoms with van der Waals surface area (Å²) in [5.74, 6) is -0.982. The smallest absolute Gasteiger partial charge is 0.306 e. The lowest BCUT2D eigenvalue weighted by Gasteiger charge is -2.18. The molecule has 0 aliphatic carbocycles. The van der Waals surface area contributed by atoms with Crippen LogP contribution in [-0.4, -0.2) is 57.7 Å². The van der Waals surface area contributed by atoms with Gasteiger partial charge in [0.1, 0.15) is 24.7 Å². The minimum Gasteiger partial charge on any atom is -0.487 e. The van der Waals surface area contributed by atoms with Crippen molar-refractivity contribution in [3.63, 3.8) is 0 Å². The van der Waals surface area contributed by atoms with Crippen molar-refractivity contribution < 1.29 is 39.5 Å². The first-order chi connectivity index (χ1) is 24.7. The van der Waals surface area contributed by atoms with E-state index in [2.05, 4.69) is 36.6 Å². The number of aryl methyl sites for hydroxylation is 2. The van der Waals surface area contributed by atoms with E-state index in [1.165, 1.54) is 0 Å². The largest absolute Gasteiger partial charge is 0.487 e. The summed E-state index contributed by atoms with van der Waals surface area (Å²) >= 11 is 13.2. The van der Waals surface area contributed by atoms with Gasteiger partial charge in [-0.25, -0.2) is 0 Å². The number of halogens is 2. The normalized spacial score (nSPS) is 12.4. The molecule has 0 heterocycles. The zero-order valence-electron chi connectivity index (χ0n) is 29.8. The Labute approximate surface area is 314 Å². The molecule has 278 valence electrons. The predicted molar refractivity (Wildman–Crippen MR) is 202 cm³/mol. The van der Waals surface area contributed by atoms with Gasteiger partial charge in [-0.15, -0.1) is 0 Å². The highest BCUT2D eigenvalue weighted by Gasteiger charge is 2.16. The molecule has 0 spiro atoms. The second-order valence-corrected chi connectivity index (χ2v) is 13.8. The number of carboxylic acid groups (broad SMARTS) is 2. The molecule has 52 heavy (non-hydrogen) atoms. The van der Waals surface area contributed by atoms with Gasteiger partial charge in [0, 0.05) is 26.2 Å². The molecule has 4 aromatic rings. The molecule has 0 aliphatic rings. The standard InChI is InChI=1S/C40H46Cl2N2O8/c1-23-11-37(35(41)13-29(23)17-43-19-31(45)15-39(47)48)51-21-27-7-5-9-33(25(27)3)34-10-6-8-28(26(34)4)22-52-38-12-24(2)30(14-36(38)42)18-44-20-32(46)16-40(49)50/h5-14,31-32,43-46H,15-22H2,1-4H3,(H,47,48)(H,49,50)/t31-,32-/m0/s1. The molecule has 10 nitrogen and oxygen atoms in total. The second-order valence-electron chi connectivity index (χ2n) is 12.9. The number of aliphatic hydroxyl groups is 2. The molecule has 0 aliphatic heterocycles. The first-order valence-corrected chi connectivity index (χ1v) is 17.7. The van der Waals surface area contributed by atoms with E-state index in [0.717, 1.165) is 55.6 Å². The van der Waals surface area contributed by atoms with E-state index in [0.29, 0.717) is 47.8 Å². The Bertz CT molecular complexity index is 1750. The molecule has 0 amide bonds. The number of rotatable bonds is 19. The maximum atomic E-state index is 10.8. The van der Waals surface area contributed by atoms with Gasteiger partial charge in [0.05, 0.1) is 35.1 Å². The topological polar surface area (TPSA) is 158 Å². The van der Waals surface area contributed by atoms with Crippen molar-refractivity contribution in [1.29, 1.82) is 0 Å². The molecule has 0 bridgehead atoms. The summed E-state index contributed by atoms with van der Waals surface area (Å²) in [5.41, 5.74) is 10.1. The van der Waals surface area contributed by atoms with E-state index in [4.69, 9.17) is 42.9 Å². The van der Waals surface area contributed by atoms with Crippen molar-refractivity contribution in [2.75, 3.05) is 13.1 Å². The molecule has 4 rings (SSSR count). The van der Waals surface area contributed by atoms with Crippen LogP contribution in [0.25, 0.3) is 11.1 Å². The quantitative estimate of drug-likeness (QED) is 0.0595. The van der Waals surface area contributed by atoms with Crippen LogP contribution in [0.15, 0.2) is 60.7 Å². The highest BCUT2D eigenvalue weighted by Crippen LogP contribution is 2.34. The van der Waals surface area contributed by atoms with Gasteiger partial charge in [-0.3, -0.25) is 9.59 Å². The monoisotopic (exact) mass is 752 g/mol. The first kappa shape index (κ1) is 40.6. The molecule has 0 saturated heterocycles. The average Bonchev–Trinajstić information content (AvgIpc) is 3.07. The van der Waals surface area contributed by atoms with Crippen LogP contribution in [-0.2, 0) is 35.9 Å². The third kappa shape index (κ3) is 11.4. The van der Waals surface area contributed by atoms with Gasteiger partial charge < -0.3 is 40.5 Å². The van der Waals surface area contributed by atoms with E-state index in [1.54, 1.807) is 0 Å². The van der Waals surface area contributed by atoms with Crippen molar-refractivity contribution in [3.05, 3.63) is 115 Å². The van der Waals surface area contributed by atoms with Crippen LogP contribution in [0.3, 0.4) is 0 Å². The molecule has 0 radical (unpaired) electrons. The fraction of sp³-hybridized carbons (Fsp3) is 0.350. The predicted octanol–water partition coefficient (Wildman–Crippen LogP) is 6.90. The van der Waals surface area contributed by atoms with E-state index in [1.807, 2.05) is 62.4 Å². The average molecular weight is 754 g/mol. The molecule has 12 heteroatoms. The Morgan fingerprint density at radius 3 is 1.38 bits per heavy atom. The number of ether oxygens (including phenoxy) is 2. The summed E-state index contributed by atoms with van der Waals surface area (Å²) in [4.78, 5) is 21.6. The number of aliphatic carboxylic acids is 2. The molecule has 0 unspecified atom stereocenters. The van der Waals surface area contributed by atoms with Gasteiger partial charge >= 0.3 is 11.9 Å². The van der Waals surface area contributed by atoms with Crippen LogP contribution in [0.2, 0.25) is 10.0 Å². The molecule has 2 atom stereocenters. The first-order valence-electron chi connectivity index (χ1n) is 17.0. The van der Waals surface area contributed by atoms with E-state index in [9.17, 15) is 19.8 Å². The van der Waals surface area contributed by atoms with E-state index < -0.39 is 24.1 Å². The fourth-order valence-electron chi connectivity index (χ4n) is 5.86. The zero-order valence-corrected chi connectivity index (χ0v) is 31.3. The molecular weight excluding hydrogens is 707 g/mol. The lowest BCUT2D eigenvalue weighted by molar-refractivity contribution is -0.140. The number of aliphatic hydroxyl groups excluding tert-OH is 2. The fourth-order valence-corrected chi connectivity index (χ4v) is 6.34. The zero-order chi connectivity index (χ0) is 37.9. The Kier molecular flexibility index (Phi) is 14.9. The van der Waals surface area contributed by atoms with Gasteiger partial charge in [-0.1, -0.05) is 59.6 Å². The third-order valence-electron chi connectivity index (χ3n) is 8.94. The van der Waals surface area contributed by atoms with Gasteiger partial charge in [0.15, 0.2) is 0 Å². The lowest BCUT2D eigenvalue weighted by Crippen LogP contribution is -2.28. The summed E-state index contributed by atoms with van der Waals surface area (Å²) in [6, 6.07) is 19.7. The summed E-state index contributed by atoms with van der Waals surface area (Å²) in [6.45, 7) is 9.82. The van der Waals surface area contributed by atoms with Crippen LogP contribution < -0.4 is 20.1 Å². The minimum atomic E-state index is -1.05. The minimum absolute atomic E-state index is 0.154. The maximum Gasteiger partial charge on any atom is 0.306 e. The van der Waals surface area contributed by atoms with E-state index in [-0.39, 0.29) is 25.9 Å². The van der Waals surface area contributed by atoms with Crippen LogP contribution in [0, 0.1) is 27.7 Å². The number of benzene rings is 4. The van der Waals surface area contributed by atoms with Crippen molar-refractivity contribution >= 4 is 35.1 Å². The number of nitrogens with one attached hydrogen (secondary N) is 2. The van der Waals surface area contributed by atoms with Gasteiger partial charge in [-0.2, -0.15) is 0 Å². The lowest BCUT2D eigenvalue weighted by atomic mass is 9.92. The molecule has 6 N–H and O–H groups in total. The Morgan fingerprint density at radius 1 is 0.635 bits per heavy atom. The number of carboxylic acids is 2. The SMILES string of the molecule is Cc1cc(OCc2cccc(-c3cccc(COc4cc(C)c(CNC[C@@H](O)CC(=O)O)cc4Cl)c3C)c2C)c(Cl)cc1CNC[C@@H](O)CC(=O)O. The van der Waals surface area contributed by atoms with Gasteiger partial charge in [0.2, 0.25) is 0 Å². The van der Waals surface area contributed by atoms with Gasteiger partial charge in [-0.05, 0) is 108 Å². The maximum absolute atomic E-state index is 10.8. The third-order valence-corrected chi connectivity index (χ3v) is 9.53. The molecule has 0 saturated carbocycles. The van der Waals surface area contributed by atoms with Crippen molar-refractivity contribution in [2.45, 2.75) is 79.0 Å². The molecular formula is C40H46Cl2N2O8. The molecule has 0 fully saturated rings. The number of hydrogen-bond acceptors (Lipinski definition) is 8. The summed E-state index contributed by atoms with van der Waals surface area (Å²) in [7, 11) is 0. The summed E-state index contributed by atoms with van der Waals surface area (Å²) in [6.07, 6.45) is -2.59. The van der Waals surface area contributed by atoms with Crippen molar-refractivity contribution in [1.82, 2.24) is 10.6 Å². The van der Waals surface area contributed by atoms with Crippen molar-refractivity contribution in [2.24, 2.45) is 0 Å². The Morgan fingerprint density at radius 2 is 1.02 bits per heavy atom. The Hall–Kier alpha value is -4.16. The van der Waals surface area contributed by atoms with Gasteiger partial charge in [0.25, 0.3) is 0 Å². The van der Waals surface area contributed by atoms with Crippen LogP contribution in [0.1, 0.15) is 57.3 Å². The number of hydrogen-bond donors (Lipinski definition) is 6. The summed E-state index contributed by atoms with van der Waals surface area (Å²) in [5, 5.41) is 44.4.